The molecule has 0 saturated carbocycles. The molecule has 0 saturated heterocycles. The quantitative estimate of drug-likeness (QED) is 0.149. The van der Waals surface area contributed by atoms with Crippen LogP contribution in [0.3, 0.4) is 0 Å². The fraction of sp³-hybridized carbons (Fsp3) is 0.235. The van der Waals surface area contributed by atoms with Crippen molar-refractivity contribution in [3.63, 3.8) is 0 Å². The van der Waals surface area contributed by atoms with Crippen LogP contribution in [0.2, 0.25) is 0 Å². The first-order valence-corrected chi connectivity index (χ1v) is 14.2. The van der Waals surface area contributed by atoms with E-state index < -0.39 is 18.9 Å². The molecule has 1 aromatic heterocycles. The molecule has 2 amide bonds. The number of amides is 2. The number of aromatic nitrogens is 1. The van der Waals surface area contributed by atoms with Gasteiger partial charge >= 0.3 is 18.2 Å². The lowest BCUT2D eigenvalue weighted by Gasteiger charge is -2.11. The van der Waals surface area contributed by atoms with Crippen LogP contribution in [0, 0.1) is 6.92 Å². The first-order chi connectivity index (χ1) is 21.2. The molecule has 2 N–H and O–H groups in total. The normalized spacial score (nSPS) is 10.6. The summed E-state index contributed by atoms with van der Waals surface area (Å²) in [5, 5.41) is 5.64. The number of carbonyl (C=O) groups excluding carboxylic acids is 3. The van der Waals surface area contributed by atoms with Gasteiger partial charge in [-0.05, 0) is 79.8 Å². The number of nitrogens with zero attached hydrogens (tertiary/aromatic N) is 1. The molecule has 10 nitrogen and oxygen atoms in total. The molecule has 10 heteroatoms. The molecule has 0 aliphatic rings. The molecule has 3 aromatic carbocycles. The van der Waals surface area contributed by atoms with E-state index in [2.05, 4.69) is 15.4 Å². The average molecular weight is 598 g/mol. The molecule has 4 rings (SSSR count). The van der Waals surface area contributed by atoms with Gasteiger partial charge in [0.25, 0.3) is 5.56 Å². The number of nitrogens with one attached hydrogen (secondary N) is 2. The van der Waals surface area contributed by atoms with Crippen molar-refractivity contribution in [2.24, 2.45) is 0 Å². The number of pyridine rings is 1. The number of urea groups is 1. The highest BCUT2D eigenvalue weighted by atomic mass is 16.8. The molecule has 0 fully saturated rings. The van der Waals surface area contributed by atoms with Crippen molar-refractivity contribution in [1.29, 1.82) is 0 Å². The Labute approximate surface area is 255 Å². The van der Waals surface area contributed by atoms with Crippen molar-refractivity contribution >= 4 is 29.5 Å². The van der Waals surface area contributed by atoms with Crippen LogP contribution in [0.15, 0.2) is 95.9 Å². The molecule has 228 valence electrons. The first-order valence-electron chi connectivity index (χ1n) is 14.2. The van der Waals surface area contributed by atoms with Gasteiger partial charge in [-0.3, -0.25) is 9.59 Å². The summed E-state index contributed by atoms with van der Waals surface area (Å²) in [6, 6.07) is 25.5. The number of benzene rings is 3. The highest BCUT2D eigenvalue weighted by Crippen LogP contribution is 2.20. The van der Waals surface area contributed by atoms with Gasteiger partial charge in [0, 0.05) is 29.6 Å². The number of anilines is 2. The van der Waals surface area contributed by atoms with Crippen LogP contribution in [0.4, 0.5) is 21.0 Å². The molecule has 1 heterocycles. The van der Waals surface area contributed by atoms with Gasteiger partial charge in [-0.25, -0.2) is 9.59 Å². The van der Waals surface area contributed by atoms with Crippen molar-refractivity contribution < 1.29 is 28.6 Å². The summed E-state index contributed by atoms with van der Waals surface area (Å²) in [6.07, 6.45) is 1.09. The van der Waals surface area contributed by atoms with E-state index >= 15 is 0 Å². The Morgan fingerprint density at radius 2 is 1.52 bits per heavy atom. The van der Waals surface area contributed by atoms with E-state index in [9.17, 15) is 19.2 Å². The third kappa shape index (κ3) is 9.32. The Kier molecular flexibility index (Phi) is 10.9. The Balaban J connectivity index is 1.29. The zero-order valence-electron chi connectivity index (χ0n) is 24.9. The Hall–Kier alpha value is -5.38. The molecule has 0 aliphatic heterocycles. The van der Waals surface area contributed by atoms with Crippen LogP contribution >= 0.6 is 0 Å². The monoisotopic (exact) mass is 597 g/mol. The van der Waals surface area contributed by atoms with Crippen LogP contribution in [0.1, 0.15) is 37.0 Å². The summed E-state index contributed by atoms with van der Waals surface area (Å²) >= 11 is 0. The number of aryl methyl sites for hydroxylation is 2. The number of para-hydroxylation sites is 1. The summed E-state index contributed by atoms with van der Waals surface area (Å²) in [6.45, 7) is 5.17. The van der Waals surface area contributed by atoms with E-state index in [1.807, 2.05) is 61.5 Å². The molecule has 0 atom stereocenters. The summed E-state index contributed by atoms with van der Waals surface area (Å²) < 4.78 is 16.0. The second kappa shape index (κ2) is 15.2. The minimum absolute atomic E-state index is 0.120. The lowest BCUT2D eigenvalue weighted by Crippen LogP contribution is -2.21. The van der Waals surface area contributed by atoms with Crippen molar-refractivity contribution in [3.05, 3.63) is 118 Å². The number of esters is 1. The zero-order chi connectivity index (χ0) is 31.5. The maximum atomic E-state index is 13.3. The zero-order valence-corrected chi connectivity index (χ0v) is 24.9. The van der Waals surface area contributed by atoms with Crippen LogP contribution < -0.4 is 16.2 Å². The van der Waals surface area contributed by atoms with Crippen LogP contribution in [-0.2, 0) is 32.0 Å². The topological polar surface area (TPSA) is 125 Å². The van der Waals surface area contributed by atoms with E-state index in [1.165, 1.54) is 0 Å². The highest BCUT2D eigenvalue weighted by molar-refractivity contribution is 6.00. The number of hydrogen-bond donors (Lipinski definition) is 2. The maximum absolute atomic E-state index is 13.3. The van der Waals surface area contributed by atoms with Crippen LogP contribution in [0.5, 0.6) is 0 Å². The SMILES string of the molecule is Cc1ccccc1NC(=O)Nc1ccc(-c2cccn(Cc3ccc(CCC(=O)OCOC(=O)OC(C)C)cc3)c2=O)cc1. The summed E-state index contributed by atoms with van der Waals surface area (Å²) in [4.78, 5) is 49.0. The average Bonchev–Trinajstić information content (AvgIpc) is 2.99. The van der Waals surface area contributed by atoms with Crippen molar-refractivity contribution in [3.8, 4) is 11.1 Å². The first kappa shape index (κ1) is 31.6. The smallest absolute Gasteiger partial charge is 0.431 e. The van der Waals surface area contributed by atoms with Gasteiger partial charge in [-0.15, -0.1) is 0 Å². The van der Waals surface area contributed by atoms with Gasteiger partial charge in [0.2, 0.25) is 6.79 Å². The van der Waals surface area contributed by atoms with Crippen molar-refractivity contribution in [2.75, 3.05) is 17.4 Å². The van der Waals surface area contributed by atoms with Gasteiger partial charge < -0.3 is 29.4 Å². The Morgan fingerprint density at radius 1 is 0.818 bits per heavy atom. The Bertz CT molecular complexity index is 1640. The van der Waals surface area contributed by atoms with Gasteiger partial charge in [0.05, 0.1) is 12.6 Å². The van der Waals surface area contributed by atoms with E-state index in [4.69, 9.17) is 9.47 Å². The molecule has 0 aliphatic carbocycles. The minimum atomic E-state index is -0.890. The maximum Gasteiger partial charge on any atom is 0.511 e. The predicted octanol–water partition coefficient (Wildman–Crippen LogP) is 6.51. The standard InChI is InChI=1S/C34H35N3O7/c1-23(2)44-34(41)43-22-42-31(38)19-14-25-10-12-26(13-11-25)21-37-20-6-8-29(32(37)39)27-15-17-28(18-16-27)35-33(40)36-30-9-5-4-7-24(30)3/h4-13,15-18,20,23H,14,19,21-22H2,1-3H3,(H2,35,36,40). The largest absolute Gasteiger partial charge is 0.511 e. The second-order valence-corrected chi connectivity index (χ2v) is 10.3. The highest BCUT2D eigenvalue weighted by Gasteiger charge is 2.11. The minimum Gasteiger partial charge on any atom is -0.431 e. The number of ether oxygens (including phenoxy) is 3. The van der Waals surface area contributed by atoms with Gasteiger partial charge in [-0.2, -0.15) is 0 Å². The number of hydrogen-bond acceptors (Lipinski definition) is 7. The fourth-order valence-corrected chi connectivity index (χ4v) is 4.31. The number of carbonyl (C=O) groups is 3. The van der Waals surface area contributed by atoms with Crippen LogP contribution in [-0.4, -0.2) is 35.6 Å². The van der Waals surface area contributed by atoms with Crippen LogP contribution in [0.25, 0.3) is 11.1 Å². The summed E-state index contributed by atoms with van der Waals surface area (Å²) in [5.41, 5.74) is 5.28. The molecular formula is C34H35N3O7. The van der Waals surface area contributed by atoms with E-state index in [0.717, 1.165) is 27.9 Å². The van der Waals surface area contributed by atoms with Crippen molar-refractivity contribution in [2.45, 2.75) is 46.3 Å². The third-order valence-corrected chi connectivity index (χ3v) is 6.59. The van der Waals surface area contributed by atoms with Gasteiger partial charge in [-0.1, -0.05) is 54.6 Å². The molecule has 44 heavy (non-hydrogen) atoms. The second-order valence-electron chi connectivity index (χ2n) is 10.3. The third-order valence-electron chi connectivity index (χ3n) is 6.59. The summed E-state index contributed by atoms with van der Waals surface area (Å²) in [5.74, 6) is -0.496. The molecule has 0 unspecified atom stereocenters. The molecule has 0 bridgehead atoms. The van der Waals surface area contributed by atoms with E-state index in [1.54, 1.807) is 54.9 Å². The lowest BCUT2D eigenvalue weighted by atomic mass is 10.1. The van der Waals surface area contributed by atoms with Crippen molar-refractivity contribution in [1.82, 2.24) is 4.57 Å². The van der Waals surface area contributed by atoms with E-state index in [-0.39, 0.29) is 24.1 Å². The lowest BCUT2D eigenvalue weighted by molar-refractivity contribution is -0.153. The van der Waals surface area contributed by atoms with E-state index in [0.29, 0.717) is 24.2 Å². The predicted molar refractivity (Wildman–Crippen MR) is 167 cm³/mol. The van der Waals surface area contributed by atoms with Gasteiger partial charge in [0.15, 0.2) is 0 Å². The molecule has 0 radical (unpaired) electrons. The molecular weight excluding hydrogens is 562 g/mol. The molecule has 4 aromatic rings. The van der Waals surface area contributed by atoms with Gasteiger partial charge in [0.1, 0.15) is 0 Å². The Morgan fingerprint density at radius 3 is 2.23 bits per heavy atom. The summed E-state index contributed by atoms with van der Waals surface area (Å²) in [7, 11) is 0. The number of rotatable bonds is 11. The molecule has 0 spiro atoms. The fourth-order valence-electron chi connectivity index (χ4n) is 4.31.